The zero-order valence-electron chi connectivity index (χ0n) is 9.61. The summed E-state index contributed by atoms with van der Waals surface area (Å²) in [6.45, 7) is 2.31. The Morgan fingerprint density at radius 3 is 1.71 bits per heavy atom. The lowest BCUT2D eigenvalue weighted by Gasteiger charge is -2.34. The van der Waals surface area contributed by atoms with E-state index < -0.39 is 0 Å². The molecule has 0 N–H and O–H groups in total. The normalized spacial score (nSPS) is 41.6. The number of thiol groups is 3. The van der Waals surface area contributed by atoms with E-state index in [9.17, 15) is 0 Å². The number of hydrogen-bond donors (Lipinski definition) is 3. The van der Waals surface area contributed by atoms with Crippen LogP contribution in [-0.4, -0.2) is 47.4 Å². The van der Waals surface area contributed by atoms with Gasteiger partial charge in [0.25, 0.3) is 0 Å². The van der Waals surface area contributed by atoms with Crippen molar-refractivity contribution in [1.29, 1.82) is 0 Å². The van der Waals surface area contributed by atoms with Crippen molar-refractivity contribution < 1.29 is 0 Å². The van der Waals surface area contributed by atoms with E-state index in [0.717, 1.165) is 11.5 Å². The zero-order chi connectivity index (χ0) is 12.5. The average Bonchev–Trinajstić information content (AvgIpc) is 2.98. The molecule has 0 spiro atoms. The summed E-state index contributed by atoms with van der Waals surface area (Å²) >= 11 is 22.1. The van der Waals surface area contributed by atoms with E-state index in [4.69, 9.17) is 12.6 Å². The molecule has 0 saturated carbocycles. The maximum atomic E-state index is 5.00. The van der Waals surface area contributed by atoms with Gasteiger partial charge in [-0.15, -0.1) is 47.0 Å². The Morgan fingerprint density at radius 1 is 1.00 bits per heavy atom. The first-order valence-corrected chi connectivity index (χ1v) is 11.3. The van der Waals surface area contributed by atoms with Crippen molar-refractivity contribution in [3.8, 4) is 0 Å². The van der Waals surface area contributed by atoms with Crippen LogP contribution < -0.4 is 0 Å². The third kappa shape index (κ3) is 3.76. The first-order valence-electron chi connectivity index (χ1n) is 5.56. The summed E-state index contributed by atoms with van der Waals surface area (Å²) in [5, 5.41) is 1.41. The van der Waals surface area contributed by atoms with Gasteiger partial charge in [-0.3, -0.25) is 0 Å². The Hall–Kier alpha value is 2.45. The third-order valence-electron chi connectivity index (χ3n) is 2.86. The SMILES string of the molecule is CC(S)(C1SCC(CS)S1)C1SCC(CS)S1. The molecular formula is C10H18S7. The Balaban J connectivity index is 1.94. The minimum absolute atomic E-state index is 0.0973. The van der Waals surface area contributed by atoms with Crippen molar-refractivity contribution in [2.24, 2.45) is 0 Å². The van der Waals surface area contributed by atoms with Crippen molar-refractivity contribution in [3.63, 3.8) is 0 Å². The second kappa shape index (κ2) is 6.94. The fraction of sp³-hybridized carbons (Fsp3) is 1.00. The van der Waals surface area contributed by atoms with Crippen molar-refractivity contribution >= 4 is 84.9 Å². The van der Waals surface area contributed by atoms with E-state index >= 15 is 0 Å². The molecule has 17 heavy (non-hydrogen) atoms. The predicted molar refractivity (Wildman–Crippen MR) is 100 cm³/mol. The Labute approximate surface area is 138 Å². The van der Waals surface area contributed by atoms with Crippen molar-refractivity contribution in [1.82, 2.24) is 0 Å². The van der Waals surface area contributed by atoms with Gasteiger partial charge in [-0.1, -0.05) is 0 Å². The first-order chi connectivity index (χ1) is 8.07. The first kappa shape index (κ1) is 15.8. The van der Waals surface area contributed by atoms with Crippen LogP contribution in [0.3, 0.4) is 0 Å². The second-order valence-corrected chi connectivity index (χ2v) is 11.8. The number of hydrogen-bond acceptors (Lipinski definition) is 7. The summed E-state index contributed by atoms with van der Waals surface area (Å²) < 4.78 is 1.30. The smallest absolute Gasteiger partial charge is 0.0666 e. The summed E-state index contributed by atoms with van der Waals surface area (Å²) in [5.74, 6) is 4.44. The molecule has 0 aromatic carbocycles. The lowest BCUT2D eigenvalue weighted by Crippen LogP contribution is -2.36. The standard InChI is InChI=1S/C10H18S7/c1-10(13,8-14-4-6(2-11)16-8)9-15-5-7(3-12)17-9/h6-9,11-13H,2-5H2,1H3. The maximum absolute atomic E-state index is 5.00. The topological polar surface area (TPSA) is 0 Å². The zero-order valence-corrected chi connectivity index (χ0v) is 15.6. The number of rotatable bonds is 4. The highest BCUT2D eigenvalue weighted by Gasteiger charge is 2.46. The molecule has 0 aliphatic carbocycles. The van der Waals surface area contributed by atoms with E-state index in [1.54, 1.807) is 0 Å². The summed E-state index contributed by atoms with van der Waals surface area (Å²) in [7, 11) is 0. The quantitative estimate of drug-likeness (QED) is 0.649. The maximum Gasteiger partial charge on any atom is 0.0666 e. The molecule has 100 valence electrons. The molecule has 0 bridgehead atoms. The summed E-state index contributed by atoms with van der Waals surface area (Å²) in [6.07, 6.45) is 0. The second-order valence-electron chi connectivity index (χ2n) is 4.44. The summed E-state index contributed by atoms with van der Waals surface area (Å²) in [6, 6.07) is 0. The van der Waals surface area contributed by atoms with Crippen LogP contribution in [0.25, 0.3) is 0 Å². The van der Waals surface area contributed by atoms with E-state index in [2.05, 4.69) is 79.2 Å². The van der Waals surface area contributed by atoms with Crippen LogP contribution in [0.15, 0.2) is 0 Å². The molecule has 4 unspecified atom stereocenters. The van der Waals surface area contributed by atoms with Gasteiger partial charge in [-0.25, -0.2) is 0 Å². The molecule has 0 aromatic heterocycles. The van der Waals surface area contributed by atoms with Crippen molar-refractivity contribution in [2.45, 2.75) is 31.3 Å². The van der Waals surface area contributed by atoms with Gasteiger partial charge in [-0.05, 0) is 6.92 Å². The van der Waals surface area contributed by atoms with Crippen LogP contribution in [0.1, 0.15) is 6.92 Å². The van der Waals surface area contributed by atoms with E-state index in [1.807, 2.05) is 0 Å². The van der Waals surface area contributed by atoms with Crippen LogP contribution in [-0.2, 0) is 0 Å². The molecule has 2 saturated heterocycles. The molecule has 4 atom stereocenters. The van der Waals surface area contributed by atoms with Gasteiger partial charge >= 0.3 is 0 Å². The minimum Gasteiger partial charge on any atom is -0.178 e. The van der Waals surface area contributed by atoms with Gasteiger partial charge in [0.05, 0.1) is 13.9 Å². The Morgan fingerprint density at radius 2 is 1.41 bits per heavy atom. The van der Waals surface area contributed by atoms with Gasteiger partial charge < -0.3 is 0 Å². The molecule has 2 rings (SSSR count). The molecule has 2 heterocycles. The molecular weight excluding hydrogens is 345 g/mol. The molecule has 0 nitrogen and oxygen atoms in total. The molecule has 2 fully saturated rings. The lowest BCUT2D eigenvalue weighted by atomic mass is 10.2. The van der Waals surface area contributed by atoms with Crippen LogP contribution >= 0.6 is 84.9 Å². The highest BCUT2D eigenvalue weighted by molar-refractivity contribution is 8.23. The van der Waals surface area contributed by atoms with Crippen LogP contribution in [0.4, 0.5) is 0 Å². The molecule has 2 aliphatic heterocycles. The van der Waals surface area contributed by atoms with Gasteiger partial charge in [0.15, 0.2) is 0 Å². The lowest BCUT2D eigenvalue weighted by molar-refractivity contribution is 0.783. The van der Waals surface area contributed by atoms with Gasteiger partial charge in [-0.2, -0.15) is 37.9 Å². The van der Waals surface area contributed by atoms with Gasteiger partial charge in [0.1, 0.15) is 0 Å². The van der Waals surface area contributed by atoms with Crippen LogP contribution in [0.2, 0.25) is 0 Å². The molecule has 0 aromatic rings. The average molecular weight is 363 g/mol. The van der Waals surface area contributed by atoms with E-state index in [1.165, 1.54) is 11.5 Å². The Kier molecular flexibility index (Phi) is 6.46. The fourth-order valence-electron chi connectivity index (χ4n) is 1.81. The van der Waals surface area contributed by atoms with E-state index in [-0.39, 0.29) is 4.75 Å². The molecule has 2 aliphatic rings. The Bertz CT molecular complexity index is 233. The number of thioether (sulfide) groups is 4. The van der Waals surface area contributed by atoms with Crippen molar-refractivity contribution in [3.05, 3.63) is 0 Å². The van der Waals surface area contributed by atoms with Gasteiger partial charge in [0, 0.05) is 33.5 Å². The largest absolute Gasteiger partial charge is 0.178 e. The van der Waals surface area contributed by atoms with Gasteiger partial charge in [0.2, 0.25) is 0 Å². The molecule has 0 amide bonds. The van der Waals surface area contributed by atoms with Crippen LogP contribution in [0, 0.1) is 0 Å². The predicted octanol–water partition coefficient (Wildman–Crippen LogP) is 3.88. The van der Waals surface area contributed by atoms with Crippen molar-refractivity contribution in [2.75, 3.05) is 23.0 Å². The van der Waals surface area contributed by atoms with E-state index in [0.29, 0.717) is 19.7 Å². The molecule has 7 heteroatoms. The highest BCUT2D eigenvalue weighted by atomic mass is 32.2. The summed E-state index contributed by atoms with van der Waals surface area (Å²) in [5.41, 5.74) is 0. The van der Waals surface area contributed by atoms with Crippen LogP contribution in [0.5, 0.6) is 0 Å². The third-order valence-corrected chi connectivity index (χ3v) is 13.0. The minimum atomic E-state index is 0.0973. The summed E-state index contributed by atoms with van der Waals surface area (Å²) in [4.78, 5) is 0. The monoisotopic (exact) mass is 362 g/mol. The highest BCUT2D eigenvalue weighted by Crippen LogP contribution is 2.55. The molecule has 0 radical (unpaired) electrons. The fourth-order valence-corrected chi connectivity index (χ4v) is 10.9.